The molecule has 0 radical (unpaired) electrons. The third-order valence-electron chi connectivity index (χ3n) is 1.75. The molecule has 0 saturated carbocycles. The van der Waals surface area contributed by atoms with Gasteiger partial charge in [-0.15, -0.1) is 0 Å². The summed E-state index contributed by atoms with van der Waals surface area (Å²) in [4.78, 5) is 11.6. The standard InChI is InChI=1S/C11H20O2/c1-6-13-11(9(4)5)10(12)7-8(2)3/h9,11H,2,6-7H2,1,3-5H3. The van der Waals surface area contributed by atoms with Crippen LogP contribution >= 0.6 is 0 Å². The molecule has 0 aliphatic heterocycles. The van der Waals surface area contributed by atoms with Crippen molar-refractivity contribution in [2.24, 2.45) is 5.92 Å². The highest BCUT2D eigenvalue weighted by atomic mass is 16.5. The number of Topliss-reactive ketones (excluding diaryl/α,β-unsaturated/α-hetero) is 1. The van der Waals surface area contributed by atoms with Gasteiger partial charge in [0.1, 0.15) is 6.10 Å². The summed E-state index contributed by atoms with van der Waals surface area (Å²) in [7, 11) is 0. The lowest BCUT2D eigenvalue weighted by molar-refractivity contribution is -0.132. The van der Waals surface area contributed by atoms with Crippen molar-refractivity contribution < 1.29 is 9.53 Å². The van der Waals surface area contributed by atoms with Crippen LogP contribution in [0.25, 0.3) is 0 Å². The third-order valence-corrected chi connectivity index (χ3v) is 1.75. The van der Waals surface area contributed by atoms with E-state index in [0.29, 0.717) is 13.0 Å². The van der Waals surface area contributed by atoms with Crippen LogP contribution in [0.5, 0.6) is 0 Å². The molecule has 0 aromatic rings. The Labute approximate surface area is 81.0 Å². The van der Waals surface area contributed by atoms with Gasteiger partial charge in [0.15, 0.2) is 5.78 Å². The Balaban J connectivity index is 4.19. The molecule has 0 fully saturated rings. The predicted octanol–water partition coefficient (Wildman–Crippen LogP) is 2.58. The van der Waals surface area contributed by atoms with Gasteiger partial charge in [0, 0.05) is 13.0 Å². The fraction of sp³-hybridized carbons (Fsp3) is 0.727. The molecule has 0 spiro atoms. The fourth-order valence-electron chi connectivity index (χ4n) is 1.23. The van der Waals surface area contributed by atoms with Gasteiger partial charge in [-0.05, 0) is 19.8 Å². The van der Waals surface area contributed by atoms with E-state index in [1.54, 1.807) is 0 Å². The Morgan fingerprint density at radius 3 is 2.31 bits per heavy atom. The van der Waals surface area contributed by atoms with Crippen molar-refractivity contribution in [3.05, 3.63) is 12.2 Å². The lowest BCUT2D eigenvalue weighted by atomic mass is 9.99. The van der Waals surface area contributed by atoms with Crippen molar-refractivity contribution in [1.29, 1.82) is 0 Å². The molecule has 0 N–H and O–H groups in total. The zero-order valence-electron chi connectivity index (χ0n) is 9.09. The minimum absolute atomic E-state index is 0.143. The maximum absolute atomic E-state index is 11.6. The molecule has 0 saturated heterocycles. The zero-order chi connectivity index (χ0) is 10.4. The summed E-state index contributed by atoms with van der Waals surface area (Å²) >= 11 is 0. The van der Waals surface area contributed by atoms with Crippen molar-refractivity contribution in [2.45, 2.75) is 40.2 Å². The van der Waals surface area contributed by atoms with E-state index in [0.717, 1.165) is 5.57 Å². The van der Waals surface area contributed by atoms with Crippen LogP contribution in [-0.4, -0.2) is 18.5 Å². The average molecular weight is 184 g/mol. The van der Waals surface area contributed by atoms with Crippen molar-refractivity contribution >= 4 is 5.78 Å². The molecule has 0 rings (SSSR count). The summed E-state index contributed by atoms with van der Waals surface area (Å²) in [5.74, 6) is 0.385. The number of allylic oxidation sites excluding steroid dienone is 1. The predicted molar refractivity (Wildman–Crippen MR) is 54.7 cm³/mol. The summed E-state index contributed by atoms with van der Waals surface area (Å²) < 4.78 is 5.38. The summed E-state index contributed by atoms with van der Waals surface area (Å²) in [6.45, 7) is 12.1. The SMILES string of the molecule is C=C(C)CC(=O)C(OCC)C(C)C. The van der Waals surface area contributed by atoms with Gasteiger partial charge in [-0.25, -0.2) is 0 Å². The monoisotopic (exact) mass is 184 g/mol. The molecule has 0 amide bonds. The van der Waals surface area contributed by atoms with Crippen LogP contribution in [0.4, 0.5) is 0 Å². The molecule has 1 atom stereocenters. The smallest absolute Gasteiger partial charge is 0.165 e. The quantitative estimate of drug-likeness (QED) is 0.593. The number of ether oxygens (including phenoxy) is 1. The average Bonchev–Trinajstić information content (AvgIpc) is 1.97. The van der Waals surface area contributed by atoms with Crippen molar-refractivity contribution in [1.82, 2.24) is 0 Å². The minimum Gasteiger partial charge on any atom is -0.370 e. The second-order valence-corrected chi connectivity index (χ2v) is 3.72. The molecule has 0 aliphatic carbocycles. The van der Waals surface area contributed by atoms with Crippen LogP contribution in [-0.2, 0) is 9.53 Å². The fourth-order valence-corrected chi connectivity index (χ4v) is 1.23. The highest BCUT2D eigenvalue weighted by Gasteiger charge is 2.21. The summed E-state index contributed by atoms with van der Waals surface area (Å²) in [5.41, 5.74) is 0.898. The number of hydrogen-bond donors (Lipinski definition) is 0. The molecule has 0 aromatic heterocycles. The number of carbonyl (C=O) groups excluding carboxylic acids is 1. The van der Waals surface area contributed by atoms with Crippen molar-refractivity contribution in [2.75, 3.05) is 6.61 Å². The summed E-state index contributed by atoms with van der Waals surface area (Å²) in [5, 5.41) is 0. The van der Waals surface area contributed by atoms with Crippen LogP contribution in [0, 0.1) is 5.92 Å². The van der Waals surface area contributed by atoms with Gasteiger partial charge in [-0.1, -0.05) is 26.0 Å². The van der Waals surface area contributed by atoms with Crippen LogP contribution < -0.4 is 0 Å². The highest BCUT2D eigenvalue weighted by Crippen LogP contribution is 2.12. The first-order valence-corrected chi connectivity index (χ1v) is 4.77. The molecule has 0 aromatic carbocycles. The highest BCUT2D eigenvalue weighted by molar-refractivity contribution is 5.85. The molecular weight excluding hydrogens is 164 g/mol. The van der Waals surface area contributed by atoms with E-state index < -0.39 is 0 Å². The van der Waals surface area contributed by atoms with Crippen LogP contribution in [0.1, 0.15) is 34.1 Å². The van der Waals surface area contributed by atoms with E-state index >= 15 is 0 Å². The minimum atomic E-state index is -0.262. The maximum atomic E-state index is 11.6. The van der Waals surface area contributed by atoms with Crippen molar-refractivity contribution in [3.8, 4) is 0 Å². The normalized spacial score (nSPS) is 13.0. The summed E-state index contributed by atoms with van der Waals surface area (Å²) in [6, 6.07) is 0. The molecule has 0 heterocycles. The van der Waals surface area contributed by atoms with E-state index in [9.17, 15) is 4.79 Å². The maximum Gasteiger partial charge on any atom is 0.165 e. The van der Waals surface area contributed by atoms with E-state index in [1.165, 1.54) is 0 Å². The first-order valence-electron chi connectivity index (χ1n) is 4.77. The van der Waals surface area contributed by atoms with E-state index in [1.807, 2.05) is 27.7 Å². The van der Waals surface area contributed by atoms with Gasteiger partial charge in [0.05, 0.1) is 0 Å². The number of carbonyl (C=O) groups is 1. The first-order chi connectivity index (χ1) is 5.99. The molecular formula is C11H20O2. The van der Waals surface area contributed by atoms with Gasteiger partial charge in [0.25, 0.3) is 0 Å². The third kappa shape index (κ3) is 4.83. The van der Waals surface area contributed by atoms with E-state index in [-0.39, 0.29) is 17.8 Å². The number of hydrogen-bond acceptors (Lipinski definition) is 2. The molecule has 0 bridgehead atoms. The van der Waals surface area contributed by atoms with Gasteiger partial charge < -0.3 is 4.74 Å². The Hall–Kier alpha value is -0.630. The van der Waals surface area contributed by atoms with Crippen LogP contribution in [0.3, 0.4) is 0 Å². The molecule has 13 heavy (non-hydrogen) atoms. The van der Waals surface area contributed by atoms with E-state index in [2.05, 4.69) is 6.58 Å². The van der Waals surface area contributed by atoms with Gasteiger partial charge >= 0.3 is 0 Å². The first kappa shape index (κ1) is 12.4. The summed E-state index contributed by atoms with van der Waals surface area (Å²) in [6.07, 6.45) is 0.171. The van der Waals surface area contributed by atoms with Crippen LogP contribution in [0.2, 0.25) is 0 Å². The Morgan fingerprint density at radius 1 is 1.46 bits per heavy atom. The largest absolute Gasteiger partial charge is 0.370 e. The Morgan fingerprint density at radius 2 is 2.00 bits per heavy atom. The van der Waals surface area contributed by atoms with Gasteiger partial charge in [-0.2, -0.15) is 0 Å². The number of rotatable bonds is 6. The molecule has 76 valence electrons. The molecule has 2 heteroatoms. The zero-order valence-corrected chi connectivity index (χ0v) is 9.09. The van der Waals surface area contributed by atoms with Gasteiger partial charge in [0.2, 0.25) is 0 Å². The molecule has 0 aliphatic rings. The van der Waals surface area contributed by atoms with Crippen molar-refractivity contribution in [3.63, 3.8) is 0 Å². The van der Waals surface area contributed by atoms with Crippen LogP contribution in [0.15, 0.2) is 12.2 Å². The van der Waals surface area contributed by atoms with E-state index in [4.69, 9.17) is 4.74 Å². The topological polar surface area (TPSA) is 26.3 Å². The molecule has 2 nitrogen and oxygen atoms in total. The second kappa shape index (κ2) is 5.92. The lowest BCUT2D eigenvalue weighted by Crippen LogP contribution is -2.29. The molecule has 1 unspecified atom stereocenters. The van der Waals surface area contributed by atoms with Gasteiger partial charge in [-0.3, -0.25) is 4.79 Å². The Bertz CT molecular complexity index is 183. The lowest BCUT2D eigenvalue weighted by Gasteiger charge is -2.19. The Kier molecular flexibility index (Phi) is 5.63. The number of ketones is 1. The second-order valence-electron chi connectivity index (χ2n) is 3.72.